The first-order chi connectivity index (χ1) is 15.2. The Bertz CT molecular complexity index is 1080. The van der Waals surface area contributed by atoms with Crippen LogP contribution in [0.5, 0.6) is 0 Å². The van der Waals surface area contributed by atoms with Gasteiger partial charge in [0.2, 0.25) is 0 Å². The summed E-state index contributed by atoms with van der Waals surface area (Å²) in [6, 6.07) is 8.85. The molecular weight excluding hydrogens is 386 g/mol. The van der Waals surface area contributed by atoms with Crippen LogP contribution in [0.25, 0.3) is 16.8 Å². The number of hydrogen-bond donors (Lipinski definition) is 2. The Labute approximate surface area is 183 Å². The molecular formula is C25H29N5O. The van der Waals surface area contributed by atoms with Gasteiger partial charge in [-0.1, -0.05) is 25.3 Å². The Morgan fingerprint density at radius 1 is 1.00 bits per heavy atom. The van der Waals surface area contributed by atoms with Crippen LogP contribution in [0.2, 0.25) is 0 Å². The molecule has 2 N–H and O–H groups in total. The van der Waals surface area contributed by atoms with Gasteiger partial charge in [0.05, 0.1) is 30.0 Å². The van der Waals surface area contributed by atoms with Crippen LogP contribution < -0.4 is 10.6 Å². The number of aromatic nitrogens is 3. The summed E-state index contributed by atoms with van der Waals surface area (Å²) in [7, 11) is 0. The van der Waals surface area contributed by atoms with E-state index in [1.54, 1.807) is 0 Å². The van der Waals surface area contributed by atoms with Crippen LogP contribution in [0.15, 0.2) is 49.1 Å². The molecule has 2 fully saturated rings. The molecule has 0 atom stereocenters. The molecule has 3 aromatic rings. The second-order valence-corrected chi connectivity index (χ2v) is 8.86. The number of hydrogen-bond acceptors (Lipinski definition) is 4. The fourth-order valence-electron chi connectivity index (χ4n) is 4.29. The summed E-state index contributed by atoms with van der Waals surface area (Å²) in [5.41, 5.74) is 5.79. The molecule has 0 saturated heterocycles. The number of carbonyl (C=O) groups is 1. The molecule has 0 bridgehead atoms. The van der Waals surface area contributed by atoms with Crippen molar-refractivity contribution in [3.05, 3.63) is 60.2 Å². The van der Waals surface area contributed by atoms with Gasteiger partial charge in [-0.3, -0.25) is 9.78 Å². The number of aryl methyl sites for hydroxylation is 1. The van der Waals surface area contributed by atoms with Gasteiger partial charge in [0.25, 0.3) is 5.91 Å². The van der Waals surface area contributed by atoms with E-state index in [2.05, 4.69) is 33.7 Å². The monoisotopic (exact) mass is 415 g/mol. The largest absolute Gasteiger partial charge is 0.381 e. The number of anilines is 1. The van der Waals surface area contributed by atoms with Crippen molar-refractivity contribution in [2.45, 2.75) is 64.0 Å². The summed E-state index contributed by atoms with van der Waals surface area (Å²) >= 11 is 0. The van der Waals surface area contributed by atoms with E-state index in [4.69, 9.17) is 0 Å². The lowest BCUT2D eigenvalue weighted by Crippen LogP contribution is -2.25. The van der Waals surface area contributed by atoms with Crippen LogP contribution in [0.3, 0.4) is 0 Å². The molecule has 0 aliphatic heterocycles. The molecule has 6 heteroatoms. The minimum Gasteiger partial charge on any atom is -0.381 e. The summed E-state index contributed by atoms with van der Waals surface area (Å²) in [6.07, 6.45) is 16.1. The highest BCUT2D eigenvalue weighted by Gasteiger charge is 2.24. The first kappa shape index (κ1) is 19.8. The second-order valence-electron chi connectivity index (χ2n) is 8.86. The topological polar surface area (TPSA) is 71.8 Å². The molecule has 2 saturated carbocycles. The fraction of sp³-hybridized carbons (Fsp3) is 0.400. The van der Waals surface area contributed by atoms with E-state index in [0.717, 1.165) is 40.9 Å². The normalized spacial score (nSPS) is 16.8. The van der Waals surface area contributed by atoms with E-state index in [1.165, 1.54) is 32.1 Å². The van der Waals surface area contributed by atoms with Crippen LogP contribution in [-0.4, -0.2) is 32.8 Å². The molecule has 0 unspecified atom stereocenters. The van der Waals surface area contributed by atoms with E-state index in [-0.39, 0.29) is 5.91 Å². The summed E-state index contributed by atoms with van der Waals surface area (Å²) in [6.45, 7) is 2.06. The summed E-state index contributed by atoms with van der Waals surface area (Å²) in [4.78, 5) is 16.9. The zero-order valence-electron chi connectivity index (χ0n) is 18.0. The van der Waals surface area contributed by atoms with Gasteiger partial charge >= 0.3 is 0 Å². The van der Waals surface area contributed by atoms with Crippen molar-refractivity contribution in [3.63, 3.8) is 0 Å². The maximum atomic E-state index is 12.5. The number of benzene rings is 1. The lowest BCUT2D eigenvalue weighted by atomic mass is 9.95. The van der Waals surface area contributed by atoms with Gasteiger partial charge in [0.15, 0.2) is 0 Å². The highest BCUT2D eigenvalue weighted by Crippen LogP contribution is 2.27. The molecule has 2 heterocycles. The van der Waals surface area contributed by atoms with E-state index >= 15 is 0 Å². The average Bonchev–Trinajstić information content (AvgIpc) is 3.46. The molecule has 31 heavy (non-hydrogen) atoms. The Morgan fingerprint density at radius 2 is 1.84 bits per heavy atom. The van der Waals surface area contributed by atoms with E-state index in [0.29, 0.717) is 17.6 Å². The zero-order valence-corrected chi connectivity index (χ0v) is 18.0. The smallest absolute Gasteiger partial charge is 0.251 e. The Kier molecular flexibility index (Phi) is 5.45. The Balaban J connectivity index is 1.36. The third kappa shape index (κ3) is 4.63. The predicted octanol–water partition coefficient (Wildman–Crippen LogP) is 4.88. The maximum absolute atomic E-state index is 12.5. The predicted molar refractivity (Wildman–Crippen MR) is 123 cm³/mol. The molecule has 1 aromatic carbocycles. The summed E-state index contributed by atoms with van der Waals surface area (Å²) in [5.74, 6) is 0.00169. The minimum atomic E-state index is 0.00169. The number of amides is 1. The lowest BCUT2D eigenvalue weighted by molar-refractivity contribution is 0.0951. The number of rotatable bonds is 6. The lowest BCUT2D eigenvalue weighted by Gasteiger charge is -2.23. The maximum Gasteiger partial charge on any atom is 0.251 e. The van der Waals surface area contributed by atoms with Crippen molar-refractivity contribution < 1.29 is 4.79 Å². The first-order valence-corrected chi connectivity index (χ1v) is 11.3. The fourth-order valence-corrected chi connectivity index (χ4v) is 4.29. The first-order valence-electron chi connectivity index (χ1n) is 11.3. The Hall–Kier alpha value is -3.15. The summed E-state index contributed by atoms with van der Waals surface area (Å²) in [5, 5.41) is 11.3. The van der Waals surface area contributed by atoms with Crippen molar-refractivity contribution in [1.29, 1.82) is 0 Å². The van der Waals surface area contributed by atoms with Crippen LogP contribution in [-0.2, 0) is 0 Å². The molecule has 2 aliphatic carbocycles. The molecule has 0 spiro atoms. The quantitative estimate of drug-likeness (QED) is 0.602. The van der Waals surface area contributed by atoms with Gasteiger partial charge in [-0.15, -0.1) is 0 Å². The molecule has 160 valence electrons. The van der Waals surface area contributed by atoms with E-state index < -0.39 is 0 Å². The van der Waals surface area contributed by atoms with Crippen molar-refractivity contribution in [2.75, 3.05) is 5.32 Å². The van der Waals surface area contributed by atoms with Gasteiger partial charge in [0.1, 0.15) is 0 Å². The number of nitrogens with one attached hydrogen (secondary N) is 2. The number of nitrogens with zero attached hydrogens (tertiary/aromatic N) is 3. The van der Waals surface area contributed by atoms with Crippen molar-refractivity contribution in [1.82, 2.24) is 20.1 Å². The molecule has 0 radical (unpaired) electrons. The van der Waals surface area contributed by atoms with Crippen LogP contribution in [0.1, 0.15) is 60.9 Å². The SMILES string of the molecule is Cc1ccc(C(=O)NC2CC2)cc1-c1cnn(-c2cncc(NC3CCCCC3)c2)c1. The van der Waals surface area contributed by atoms with Gasteiger partial charge in [-0.2, -0.15) is 5.10 Å². The molecule has 1 amide bonds. The molecule has 6 nitrogen and oxygen atoms in total. The van der Waals surface area contributed by atoms with Crippen LogP contribution >= 0.6 is 0 Å². The van der Waals surface area contributed by atoms with Crippen molar-refractivity contribution in [2.24, 2.45) is 0 Å². The summed E-state index contributed by atoms with van der Waals surface area (Å²) < 4.78 is 1.85. The third-order valence-electron chi connectivity index (χ3n) is 6.27. The van der Waals surface area contributed by atoms with Crippen LogP contribution in [0.4, 0.5) is 5.69 Å². The highest BCUT2D eigenvalue weighted by molar-refractivity contribution is 5.96. The van der Waals surface area contributed by atoms with E-state index in [1.807, 2.05) is 47.7 Å². The van der Waals surface area contributed by atoms with Crippen molar-refractivity contribution in [3.8, 4) is 16.8 Å². The number of pyridine rings is 1. The molecule has 5 rings (SSSR count). The average molecular weight is 416 g/mol. The number of carbonyl (C=O) groups excluding carboxylic acids is 1. The Morgan fingerprint density at radius 3 is 2.65 bits per heavy atom. The van der Waals surface area contributed by atoms with Gasteiger partial charge < -0.3 is 10.6 Å². The van der Waals surface area contributed by atoms with Crippen LogP contribution in [0, 0.1) is 6.92 Å². The van der Waals surface area contributed by atoms with Gasteiger partial charge in [0, 0.05) is 29.4 Å². The van der Waals surface area contributed by atoms with E-state index in [9.17, 15) is 4.79 Å². The van der Waals surface area contributed by atoms with Gasteiger partial charge in [-0.25, -0.2) is 4.68 Å². The van der Waals surface area contributed by atoms with Crippen molar-refractivity contribution >= 4 is 11.6 Å². The molecule has 2 aliphatic rings. The zero-order chi connectivity index (χ0) is 21.2. The second kappa shape index (κ2) is 8.53. The van der Waals surface area contributed by atoms with Gasteiger partial charge in [-0.05, 0) is 61.9 Å². The minimum absolute atomic E-state index is 0.00169. The highest BCUT2D eigenvalue weighted by atomic mass is 16.1. The third-order valence-corrected chi connectivity index (χ3v) is 6.27. The molecule has 2 aromatic heterocycles. The standard InChI is InChI=1S/C25H29N5O/c1-17-7-8-18(25(31)29-21-9-10-21)11-24(17)19-13-27-30(16-19)23-12-22(14-26-15-23)28-20-5-3-2-4-6-20/h7-8,11-16,20-21,28H,2-6,9-10H2,1H3,(H,29,31).